The van der Waals surface area contributed by atoms with Gasteiger partial charge in [0.25, 0.3) is 0 Å². The normalized spacial score (nSPS) is 13.2. The lowest BCUT2D eigenvalue weighted by atomic mass is 10.2. The van der Waals surface area contributed by atoms with Gasteiger partial charge in [-0.05, 0) is 44.2 Å². The molecular formula is C22H26FN3O2S. The van der Waals surface area contributed by atoms with Crippen molar-refractivity contribution >= 4 is 40.6 Å². The molecule has 7 heteroatoms. The Balaban J connectivity index is 1.57. The van der Waals surface area contributed by atoms with Gasteiger partial charge in [0.05, 0.1) is 11.4 Å². The van der Waals surface area contributed by atoms with Crippen LogP contribution < -0.4 is 15.1 Å². The Kier molecular flexibility index (Phi) is 6.79. The lowest BCUT2D eigenvalue weighted by Crippen LogP contribution is -2.35. The Morgan fingerprint density at radius 1 is 1.21 bits per heavy atom. The molecule has 2 aromatic rings. The van der Waals surface area contributed by atoms with Gasteiger partial charge in [-0.25, -0.2) is 4.39 Å². The first-order chi connectivity index (χ1) is 13.9. The molecule has 154 valence electrons. The molecule has 0 unspecified atom stereocenters. The van der Waals surface area contributed by atoms with Crippen LogP contribution in [0.5, 0.6) is 0 Å². The van der Waals surface area contributed by atoms with Gasteiger partial charge in [-0.15, -0.1) is 11.8 Å². The summed E-state index contributed by atoms with van der Waals surface area (Å²) in [5.74, 6) is 0.0682. The Labute approximate surface area is 175 Å². The monoisotopic (exact) mass is 415 g/mol. The number of halogens is 1. The number of fused-ring (bicyclic) bond motifs is 1. The predicted molar refractivity (Wildman–Crippen MR) is 117 cm³/mol. The van der Waals surface area contributed by atoms with Crippen LogP contribution in [0.15, 0.2) is 47.4 Å². The first-order valence-corrected chi connectivity index (χ1v) is 10.7. The summed E-state index contributed by atoms with van der Waals surface area (Å²) in [6, 6.07) is 12.6. The van der Waals surface area contributed by atoms with Gasteiger partial charge in [-0.1, -0.05) is 12.1 Å². The van der Waals surface area contributed by atoms with Crippen LogP contribution in [0.2, 0.25) is 0 Å². The van der Waals surface area contributed by atoms with Crippen LogP contribution >= 0.6 is 11.8 Å². The Morgan fingerprint density at radius 2 is 1.97 bits per heavy atom. The lowest BCUT2D eigenvalue weighted by molar-refractivity contribution is -0.122. The van der Waals surface area contributed by atoms with Gasteiger partial charge >= 0.3 is 0 Å². The molecule has 0 fully saturated rings. The second-order valence-electron chi connectivity index (χ2n) is 7.28. The number of para-hydroxylation sites is 1. The molecule has 0 atom stereocenters. The highest BCUT2D eigenvalue weighted by Gasteiger charge is 2.23. The van der Waals surface area contributed by atoms with Gasteiger partial charge in [0.15, 0.2) is 0 Å². The maximum absolute atomic E-state index is 14.4. The van der Waals surface area contributed by atoms with Crippen molar-refractivity contribution < 1.29 is 14.0 Å². The molecule has 0 saturated heterocycles. The molecule has 0 aromatic heterocycles. The van der Waals surface area contributed by atoms with Crippen LogP contribution in [-0.4, -0.2) is 37.2 Å². The second kappa shape index (κ2) is 9.31. The predicted octanol–water partition coefficient (Wildman–Crippen LogP) is 4.53. The van der Waals surface area contributed by atoms with E-state index in [1.807, 2.05) is 50.1 Å². The minimum atomic E-state index is -0.391. The van der Waals surface area contributed by atoms with Crippen molar-refractivity contribution in [2.45, 2.75) is 37.6 Å². The van der Waals surface area contributed by atoms with E-state index in [4.69, 9.17) is 0 Å². The number of hydrogen-bond acceptors (Lipinski definition) is 4. The molecule has 1 heterocycles. The topological polar surface area (TPSA) is 52.7 Å². The average Bonchev–Trinajstić information content (AvgIpc) is 2.71. The number of nitrogens with zero attached hydrogens (tertiary/aromatic N) is 2. The summed E-state index contributed by atoms with van der Waals surface area (Å²) in [4.78, 5) is 29.5. The molecule has 0 aliphatic carbocycles. The van der Waals surface area contributed by atoms with E-state index in [2.05, 4.69) is 5.32 Å². The van der Waals surface area contributed by atoms with Crippen molar-refractivity contribution in [2.75, 3.05) is 34.5 Å². The summed E-state index contributed by atoms with van der Waals surface area (Å²) in [7, 11) is 1.82. The van der Waals surface area contributed by atoms with E-state index in [0.29, 0.717) is 17.9 Å². The average molecular weight is 416 g/mol. The van der Waals surface area contributed by atoms with Crippen molar-refractivity contribution in [3.63, 3.8) is 0 Å². The molecule has 2 aromatic carbocycles. The van der Waals surface area contributed by atoms with Gasteiger partial charge in [0, 0.05) is 48.8 Å². The molecule has 0 saturated carbocycles. The van der Waals surface area contributed by atoms with E-state index in [1.165, 1.54) is 6.07 Å². The first-order valence-electron chi connectivity index (χ1n) is 9.71. The summed E-state index contributed by atoms with van der Waals surface area (Å²) >= 11 is 1.73. The second-order valence-corrected chi connectivity index (χ2v) is 8.42. The summed E-state index contributed by atoms with van der Waals surface area (Å²) in [6.45, 7) is 4.59. The zero-order valence-corrected chi connectivity index (χ0v) is 17.8. The van der Waals surface area contributed by atoms with Crippen molar-refractivity contribution in [2.24, 2.45) is 0 Å². The molecule has 0 spiro atoms. The quantitative estimate of drug-likeness (QED) is 0.753. The summed E-state index contributed by atoms with van der Waals surface area (Å²) < 4.78 is 14.4. The van der Waals surface area contributed by atoms with Crippen LogP contribution in [-0.2, 0) is 9.59 Å². The summed E-state index contributed by atoms with van der Waals surface area (Å²) in [6.07, 6.45) is 0.168. The van der Waals surface area contributed by atoms with Crippen LogP contribution in [0.25, 0.3) is 0 Å². The van der Waals surface area contributed by atoms with Gasteiger partial charge in [0.1, 0.15) is 5.82 Å². The zero-order chi connectivity index (χ0) is 21.0. The van der Waals surface area contributed by atoms with Crippen LogP contribution in [0.4, 0.5) is 21.5 Å². The summed E-state index contributed by atoms with van der Waals surface area (Å²) in [5, 5.41) is 2.68. The number of benzene rings is 2. The Morgan fingerprint density at radius 3 is 2.69 bits per heavy atom. The van der Waals surface area contributed by atoms with Gasteiger partial charge in [-0.2, -0.15) is 0 Å². The minimum Gasteiger partial charge on any atom is -0.370 e. The maximum Gasteiger partial charge on any atom is 0.227 e. The number of rotatable bonds is 6. The van der Waals surface area contributed by atoms with Crippen LogP contribution in [0, 0.1) is 5.82 Å². The fourth-order valence-electron chi connectivity index (χ4n) is 3.16. The molecule has 0 radical (unpaired) electrons. The first kappa shape index (κ1) is 21.2. The maximum atomic E-state index is 14.4. The van der Waals surface area contributed by atoms with Crippen LogP contribution in [0.3, 0.4) is 0 Å². The molecule has 5 nitrogen and oxygen atoms in total. The van der Waals surface area contributed by atoms with E-state index in [0.717, 1.165) is 16.3 Å². The van der Waals surface area contributed by atoms with Crippen molar-refractivity contribution in [3.05, 3.63) is 48.3 Å². The Hall–Kier alpha value is -2.54. The number of nitrogens with one attached hydrogen (secondary N) is 1. The van der Waals surface area contributed by atoms with E-state index in [-0.39, 0.29) is 30.7 Å². The largest absolute Gasteiger partial charge is 0.370 e. The van der Waals surface area contributed by atoms with Crippen molar-refractivity contribution in [1.82, 2.24) is 0 Å². The van der Waals surface area contributed by atoms with Gasteiger partial charge in [0.2, 0.25) is 11.8 Å². The van der Waals surface area contributed by atoms with E-state index in [9.17, 15) is 14.0 Å². The molecule has 29 heavy (non-hydrogen) atoms. The fourth-order valence-corrected chi connectivity index (χ4v) is 4.15. The Bertz CT molecular complexity index is 903. The molecule has 1 N–H and O–H groups in total. The summed E-state index contributed by atoms with van der Waals surface area (Å²) in [5.41, 5.74) is 1.77. The van der Waals surface area contributed by atoms with E-state index in [1.54, 1.807) is 28.8 Å². The number of anilines is 3. The fraction of sp³-hybridized carbons (Fsp3) is 0.364. The molecule has 1 aliphatic heterocycles. The van der Waals surface area contributed by atoms with E-state index < -0.39 is 5.82 Å². The van der Waals surface area contributed by atoms with Crippen LogP contribution in [0.1, 0.15) is 26.7 Å². The third kappa shape index (κ3) is 5.09. The van der Waals surface area contributed by atoms with Gasteiger partial charge < -0.3 is 15.1 Å². The zero-order valence-electron chi connectivity index (χ0n) is 16.9. The van der Waals surface area contributed by atoms with Gasteiger partial charge in [-0.3, -0.25) is 9.59 Å². The smallest absolute Gasteiger partial charge is 0.227 e. The molecule has 2 amide bonds. The minimum absolute atomic E-state index is 0.0555. The highest BCUT2D eigenvalue weighted by atomic mass is 32.2. The molecule has 1 aliphatic rings. The third-order valence-electron chi connectivity index (χ3n) is 4.98. The number of amides is 2. The number of carbonyl (C=O) groups is 2. The number of carbonyl (C=O) groups excluding carboxylic acids is 2. The number of hydrogen-bond donors (Lipinski definition) is 1. The highest BCUT2D eigenvalue weighted by molar-refractivity contribution is 7.99. The standard InChI is InChI=1S/C22H26FN3O2S/c1-15(2)25(3)18-9-8-16(14-17(18)23)24-21(27)10-11-22(28)26-12-13-29-20-7-5-4-6-19(20)26/h4-9,14-15H,10-13H2,1-3H3,(H,24,27). The third-order valence-corrected chi connectivity index (χ3v) is 6.02. The molecule has 3 rings (SSSR count). The van der Waals surface area contributed by atoms with E-state index >= 15 is 0 Å². The van der Waals surface area contributed by atoms with Crippen molar-refractivity contribution in [1.29, 1.82) is 0 Å². The lowest BCUT2D eigenvalue weighted by Gasteiger charge is -2.29. The molecular weight excluding hydrogens is 389 g/mol. The number of thioether (sulfide) groups is 1. The molecule has 0 bridgehead atoms. The van der Waals surface area contributed by atoms with Crippen molar-refractivity contribution in [3.8, 4) is 0 Å². The SMILES string of the molecule is CC(C)N(C)c1ccc(NC(=O)CCC(=O)N2CCSc3ccccc32)cc1F. The highest BCUT2D eigenvalue weighted by Crippen LogP contribution is 2.34.